The first kappa shape index (κ1) is 19.6. The molecule has 4 N–H and O–H groups in total. The molecule has 3 rings (SSSR count). The Bertz CT molecular complexity index is 868. The van der Waals surface area contributed by atoms with Gasteiger partial charge in [-0.2, -0.15) is 13.2 Å². The van der Waals surface area contributed by atoms with Gasteiger partial charge in [0, 0.05) is 29.8 Å². The van der Waals surface area contributed by atoms with Gasteiger partial charge in [-0.05, 0) is 38.2 Å². The molecule has 146 valence electrons. The SMILES string of the molecule is CP(=O)(c1ccccc1N)c1nc(N[C@H]2CCCNC2)ncc1C(F)(F)F. The zero-order valence-electron chi connectivity index (χ0n) is 14.8. The van der Waals surface area contributed by atoms with Crippen LogP contribution in [0.5, 0.6) is 0 Å². The Morgan fingerprint density at radius 3 is 2.70 bits per heavy atom. The largest absolute Gasteiger partial charge is 0.420 e. The van der Waals surface area contributed by atoms with E-state index >= 15 is 0 Å². The van der Waals surface area contributed by atoms with Gasteiger partial charge in [0.1, 0.15) is 11.0 Å². The van der Waals surface area contributed by atoms with Gasteiger partial charge in [-0.3, -0.25) is 0 Å². The summed E-state index contributed by atoms with van der Waals surface area (Å²) in [6, 6.07) is 6.19. The topological polar surface area (TPSA) is 92.9 Å². The standard InChI is InChI=1S/C17H21F3N5OP/c1-27(26,14-7-3-2-6-13(14)21)15-12(17(18,19)20)10-23-16(25-15)24-11-5-4-8-22-9-11/h2-3,6-7,10-11,22H,4-5,8-9,21H2,1H3,(H,23,24,25)/t11-,27?/m0/s1. The Morgan fingerprint density at radius 1 is 1.33 bits per heavy atom. The van der Waals surface area contributed by atoms with E-state index in [4.69, 9.17) is 5.73 Å². The summed E-state index contributed by atoms with van der Waals surface area (Å²) in [4.78, 5) is 7.84. The molecule has 0 amide bonds. The number of anilines is 2. The van der Waals surface area contributed by atoms with Gasteiger partial charge < -0.3 is 20.9 Å². The molecule has 1 fully saturated rings. The molecule has 1 aliphatic heterocycles. The average Bonchev–Trinajstić information content (AvgIpc) is 2.62. The fourth-order valence-electron chi connectivity index (χ4n) is 3.12. The average molecular weight is 399 g/mol. The third kappa shape index (κ3) is 4.25. The molecule has 1 aromatic carbocycles. The normalized spacial score (nSPS) is 20.1. The molecule has 0 aliphatic carbocycles. The lowest BCUT2D eigenvalue weighted by atomic mass is 10.1. The predicted molar refractivity (Wildman–Crippen MR) is 100 cm³/mol. The first-order valence-corrected chi connectivity index (χ1v) is 10.7. The summed E-state index contributed by atoms with van der Waals surface area (Å²) in [6.45, 7) is 2.81. The lowest BCUT2D eigenvalue weighted by Crippen LogP contribution is -2.39. The maximum atomic E-state index is 13.5. The number of para-hydroxylation sites is 1. The van der Waals surface area contributed by atoms with Crippen LogP contribution < -0.4 is 27.1 Å². The second kappa shape index (κ2) is 7.48. The summed E-state index contributed by atoms with van der Waals surface area (Å²) in [5, 5.41) is 6.39. The summed E-state index contributed by atoms with van der Waals surface area (Å²) in [7, 11) is -3.70. The van der Waals surface area contributed by atoms with Crippen molar-refractivity contribution in [2.45, 2.75) is 25.1 Å². The van der Waals surface area contributed by atoms with Crippen molar-refractivity contribution in [3.05, 3.63) is 36.0 Å². The molecule has 1 unspecified atom stereocenters. The zero-order chi connectivity index (χ0) is 19.7. The highest BCUT2D eigenvalue weighted by molar-refractivity contribution is 7.78. The molecule has 0 bridgehead atoms. The Labute approximate surface area is 155 Å². The monoisotopic (exact) mass is 399 g/mol. The van der Waals surface area contributed by atoms with Crippen molar-refractivity contribution in [3.8, 4) is 0 Å². The summed E-state index contributed by atoms with van der Waals surface area (Å²) in [6.07, 6.45) is -2.24. The molecule has 10 heteroatoms. The highest BCUT2D eigenvalue weighted by Crippen LogP contribution is 2.44. The number of piperidine rings is 1. The second-order valence-electron chi connectivity index (χ2n) is 6.60. The quantitative estimate of drug-likeness (QED) is 0.539. The number of nitrogens with zero attached hydrogens (tertiary/aromatic N) is 2. The number of nitrogen functional groups attached to an aromatic ring is 1. The third-order valence-corrected chi connectivity index (χ3v) is 6.98. The molecule has 0 spiro atoms. The van der Waals surface area contributed by atoms with E-state index < -0.39 is 24.3 Å². The molecule has 1 saturated heterocycles. The fourth-order valence-corrected chi connectivity index (χ4v) is 5.21. The Kier molecular flexibility index (Phi) is 5.44. The number of halogens is 3. The van der Waals surface area contributed by atoms with Gasteiger partial charge in [0.05, 0.1) is 0 Å². The number of alkyl halides is 3. The van der Waals surface area contributed by atoms with Crippen LogP contribution >= 0.6 is 7.14 Å². The Morgan fingerprint density at radius 2 is 2.07 bits per heavy atom. The first-order chi connectivity index (χ1) is 12.7. The molecule has 1 aromatic heterocycles. The van der Waals surface area contributed by atoms with Crippen molar-refractivity contribution in [1.29, 1.82) is 0 Å². The summed E-state index contributed by atoms with van der Waals surface area (Å²) in [5.74, 6) is 0.0308. The molecule has 2 aromatic rings. The van der Waals surface area contributed by atoms with Gasteiger partial charge in [-0.15, -0.1) is 0 Å². The molecule has 1 aliphatic rings. The second-order valence-corrected chi connectivity index (χ2v) is 9.35. The number of benzene rings is 1. The minimum Gasteiger partial charge on any atom is -0.398 e. The lowest BCUT2D eigenvalue weighted by Gasteiger charge is -2.25. The van der Waals surface area contributed by atoms with Crippen LogP contribution in [-0.2, 0) is 10.7 Å². The van der Waals surface area contributed by atoms with Gasteiger partial charge in [0.15, 0.2) is 7.14 Å². The molecule has 2 atom stereocenters. The van der Waals surface area contributed by atoms with Crippen LogP contribution in [0.25, 0.3) is 0 Å². The maximum absolute atomic E-state index is 13.5. The molecule has 0 saturated carbocycles. The predicted octanol–water partition coefficient (Wildman–Crippen LogP) is 2.19. The number of nitrogens with two attached hydrogens (primary N) is 1. The van der Waals surface area contributed by atoms with Crippen LogP contribution in [-0.4, -0.2) is 35.8 Å². The van der Waals surface area contributed by atoms with Crippen LogP contribution in [0.2, 0.25) is 0 Å². The van der Waals surface area contributed by atoms with E-state index in [1.54, 1.807) is 12.1 Å². The minimum absolute atomic E-state index is 0.00127. The van der Waals surface area contributed by atoms with Crippen molar-refractivity contribution < 1.29 is 17.7 Å². The van der Waals surface area contributed by atoms with Crippen molar-refractivity contribution in [1.82, 2.24) is 15.3 Å². The molecular formula is C17H21F3N5OP. The van der Waals surface area contributed by atoms with Crippen LogP contribution in [0.15, 0.2) is 30.5 Å². The van der Waals surface area contributed by atoms with Crippen LogP contribution in [0.3, 0.4) is 0 Å². The van der Waals surface area contributed by atoms with E-state index in [1.807, 2.05) is 0 Å². The number of hydrogen-bond acceptors (Lipinski definition) is 6. The van der Waals surface area contributed by atoms with Crippen LogP contribution in [0.1, 0.15) is 18.4 Å². The number of hydrogen-bond donors (Lipinski definition) is 3. The van der Waals surface area contributed by atoms with E-state index in [-0.39, 0.29) is 23.0 Å². The minimum atomic E-state index is -4.73. The van der Waals surface area contributed by atoms with Crippen molar-refractivity contribution in [2.75, 3.05) is 30.8 Å². The van der Waals surface area contributed by atoms with E-state index in [0.29, 0.717) is 12.7 Å². The van der Waals surface area contributed by atoms with Crippen molar-refractivity contribution in [2.24, 2.45) is 0 Å². The maximum Gasteiger partial charge on any atom is 0.420 e. The highest BCUT2D eigenvalue weighted by atomic mass is 31.2. The Balaban J connectivity index is 2.06. The van der Waals surface area contributed by atoms with Gasteiger partial charge in [-0.1, -0.05) is 12.1 Å². The number of aromatic nitrogens is 2. The van der Waals surface area contributed by atoms with Crippen molar-refractivity contribution >= 4 is 29.5 Å². The molecule has 27 heavy (non-hydrogen) atoms. The van der Waals surface area contributed by atoms with Crippen LogP contribution in [0.4, 0.5) is 24.8 Å². The van der Waals surface area contributed by atoms with E-state index in [9.17, 15) is 17.7 Å². The number of nitrogens with one attached hydrogen (secondary N) is 2. The number of rotatable bonds is 4. The third-order valence-electron chi connectivity index (χ3n) is 4.50. The fraction of sp³-hybridized carbons (Fsp3) is 0.412. The Hall–Kier alpha value is -2.12. The van der Waals surface area contributed by atoms with E-state index in [2.05, 4.69) is 20.6 Å². The zero-order valence-corrected chi connectivity index (χ0v) is 15.6. The molecule has 2 heterocycles. The summed E-state index contributed by atoms with van der Waals surface area (Å²) < 4.78 is 54.0. The summed E-state index contributed by atoms with van der Waals surface area (Å²) in [5.41, 5.74) is 4.40. The molecular weight excluding hydrogens is 378 g/mol. The van der Waals surface area contributed by atoms with Gasteiger partial charge in [0.25, 0.3) is 0 Å². The lowest BCUT2D eigenvalue weighted by molar-refractivity contribution is -0.137. The van der Waals surface area contributed by atoms with E-state index in [1.165, 1.54) is 18.8 Å². The smallest absolute Gasteiger partial charge is 0.398 e. The highest BCUT2D eigenvalue weighted by Gasteiger charge is 2.41. The molecule has 0 radical (unpaired) electrons. The van der Waals surface area contributed by atoms with Gasteiger partial charge >= 0.3 is 6.18 Å². The van der Waals surface area contributed by atoms with Crippen molar-refractivity contribution in [3.63, 3.8) is 0 Å². The van der Waals surface area contributed by atoms with E-state index in [0.717, 1.165) is 19.4 Å². The van der Waals surface area contributed by atoms with Gasteiger partial charge in [-0.25, -0.2) is 9.97 Å². The first-order valence-electron chi connectivity index (χ1n) is 8.54. The summed E-state index contributed by atoms with van der Waals surface area (Å²) >= 11 is 0. The molecule has 6 nitrogen and oxygen atoms in total. The van der Waals surface area contributed by atoms with Crippen LogP contribution in [0, 0.1) is 0 Å². The van der Waals surface area contributed by atoms with Gasteiger partial charge in [0.2, 0.25) is 5.95 Å².